The lowest BCUT2D eigenvalue weighted by atomic mass is 9.43. The molecule has 0 N–H and O–H groups in total. The Morgan fingerprint density at radius 2 is 1.90 bits per heavy atom. The van der Waals surface area contributed by atoms with Crippen LogP contribution < -0.4 is 0 Å². The van der Waals surface area contributed by atoms with Crippen LogP contribution >= 0.6 is 0 Å². The minimum absolute atomic E-state index is 0.0196. The van der Waals surface area contributed by atoms with Crippen molar-refractivity contribution in [1.29, 1.82) is 0 Å². The predicted molar refractivity (Wildman–Crippen MR) is 113 cm³/mol. The normalized spacial score (nSPS) is 44.0. The van der Waals surface area contributed by atoms with Crippen LogP contribution in [0.15, 0.2) is 66.8 Å². The Labute approximate surface area is 177 Å². The SMILES string of the molecule is C=C[C@@]1(C)COC(=O)[C@]12O[C@]1(c3ccccc3)[C@H](C2=O)[C@@H]2[C@H]1C(C)=CC[C@H]2C(=C)C. The van der Waals surface area contributed by atoms with Crippen molar-refractivity contribution in [2.75, 3.05) is 6.61 Å². The van der Waals surface area contributed by atoms with Crippen molar-refractivity contribution >= 4 is 11.8 Å². The lowest BCUT2D eigenvalue weighted by Gasteiger charge is -2.61. The molecule has 2 heterocycles. The third-order valence-electron chi connectivity index (χ3n) is 8.20. The molecular weight excluding hydrogens is 376 g/mol. The van der Waals surface area contributed by atoms with E-state index in [0.29, 0.717) is 0 Å². The Bertz CT molecular complexity index is 1010. The minimum Gasteiger partial charge on any atom is -0.462 e. The number of allylic oxidation sites excluding steroid dienone is 2. The van der Waals surface area contributed by atoms with E-state index in [-0.39, 0.29) is 30.1 Å². The van der Waals surface area contributed by atoms with Crippen molar-refractivity contribution < 1.29 is 19.1 Å². The fraction of sp³-hybridized carbons (Fsp3) is 0.462. The van der Waals surface area contributed by atoms with E-state index in [0.717, 1.165) is 17.6 Å². The fourth-order valence-corrected chi connectivity index (χ4v) is 6.60. The van der Waals surface area contributed by atoms with E-state index in [1.54, 1.807) is 6.08 Å². The first-order valence-electron chi connectivity index (χ1n) is 10.7. The van der Waals surface area contributed by atoms with E-state index in [4.69, 9.17) is 9.47 Å². The van der Waals surface area contributed by atoms with Gasteiger partial charge in [0.05, 0.1) is 11.3 Å². The van der Waals surface area contributed by atoms with Gasteiger partial charge in [0.1, 0.15) is 12.2 Å². The molecule has 0 unspecified atom stereocenters. The maximum Gasteiger partial charge on any atom is 0.347 e. The maximum absolute atomic E-state index is 14.2. The number of carbonyl (C=O) groups excluding carboxylic acids is 2. The molecule has 0 amide bonds. The first kappa shape index (κ1) is 19.5. The van der Waals surface area contributed by atoms with Crippen LogP contribution in [0.25, 0.3) is 0 Å². The summed E-state index contributed by atoms with van der Waals surface area (Å²) >= 11 is 0. The summed E-state index contributed by atoms with van der Waals surface area (Å²) in [5.41, 5.74) is -0.182. The Morgan fingerprint density at radius 3 is 2.53 bits per heavy atom. The molecule has 1 aromatic carbocycles. The van der Waals surface area contributed by atoms with Crippen molar-refractivity contribution in [2.45, 2.75) is 38.4 Å². The predicted octanol–water partition coefficient (Wildman–Crippen LogP) is 4.37. The zero-order valence-electron chi connectivity index (χ0n) is 17.8. The highest BCUT2D eigenvalue weighted by Crippen LogP contribution is 2.73. The quantitative estimate of drug-likeness (QED) is 0.426. The van der Waals surface area contributed by atoms with Gasteiger partial charge in [0.25, 0.3) is 0 Å². The largest absolute Gasteiger partial charge is 0.462 e. The van der Waals surface area contributed by atoms with E-state index >= 15 is 0 Å². The standard InChI is InChI=1S/C26H28O4/c1-6-24(5)14-29-23(28)26(24)22(27)21-19-18(15(2)3)13-12-16(4)20(19)25(21,30-26)17-10-8-7-9-11-17/h6-12,18-21H,1-2,13-14H2,3-5H3/t18-,19-,20+,21-,24-,25-,26-/m0/s1. The number of hydrogen-bond donors (Lipinski definition) is 0. The molecule has 4 nitrogen and oxygen atoms in total. The van der Waals surface area contributed by atoms with Gasteiger partial charge in [-0.15, -0.1) is 6.58 Å². The van der Waals surface area contributed by atoms with Gasteiger partial charge in [0.15, 0.2) is 5.78 Å². The second-order valence-corrected chi connectivity index (χ2v) is 9.67. The molecule has 30 heavy (non-hydrogen) atoms. The smallest absolute Gasteiger partial charge is 0.347 e. The maximum atomic E-state index is 14.2. The highest BCUT2D eigenvalue weighted by Gasteiger charge is 2.83. The molecule has 3 fully saturated rings. The number of Topliss-reactive ketones (excluding diaryl/α,β-unsaturated/α-hetero) is 1. The first-order chi connectivity index (χ1) is 14.2. The van der Waals surface area contributed by atoms with Crippen LogP contribution in [-0.4, -0.2) is 24.0 Å². The molecule has 0 aromatic heterocycles. The number of benzene rings is 1. The van der Waals surface area contributed by atoms with Crippen molar-refractivity contribution in [1.82, 2.24) is 0 Å². The Morgan fingerprint density at radius 1 is 1.20 bits per heavy atom. The molecule has 1 aromatic rings. The lowest BCUT2D eigenvalue weighted by Crippen LogP contribution is -2.63. The molecule has 0 radical (unpaired) electrons. The monoisotopic (exact) mass is 404 g/mol. The van der Waals surface area contributed by atoms with Gasteiger partial charge >= 0.3 is 5.97 Å². The number of hydrogen-bond acceptors (Lipinski definition) is 4. The molecule has 2 saturated heterocycles. The van der Waals surface area contributed by atoms with E-state index < -0.39 is 28.5 Å². The van der Waals surface area contributed by atoms with E-state index in [9.17, 15) is 9.59 Å². The van der Waals surface area contributed by atoms with Gasteiger partial charge in [-0.1, -0.05) is 60.2 Å². The summed E-state index contributed by atoms with van der Waals surface area (Å²) in [7, 11) is 0. The first-order valence-corrected chi connectivity index (χ1v) is 10.7. The molecule has 2 aliphatic carbocycles. The molecule has 4 aliphatic rings. The molecule has 1 spiro atoms. The molecular formula is C26H28O4. The second kappa shape index (κ2) is 6.04. The van der Waals surface area contributed by atoms with Crippen molar-refractivity contribution in [3.8, 4) is 0 Å². The Balaban J connectivity index is 1.77. The zero-order valence-corrected chi connectivity index (χ0v) is 17.8. The average molecular weight is 405 g/mol. The highest BCUT2D eigenvalue weighted by atomic mass is 16.6. The van der Waals surface area contributed by atoms with Crippen LogP contribution in [0.1, 0.15) is 32.8 Å². The Hall–Kier alpha value is -2.46. The molecule has 156 valence electrons. The number of ether oxygens (including phenoxy) is 2. The van der Waals surface area contributed by atoms with E-state index in [1.807, 2.05) is 44.2 Å². The van der Waals surface area contributed by atoms with Crippen LogP contribution in [0, 0.1) is 29.1 Å². The van der Waals surface area contributed by atoms with Gasteiger partial charge in [-0.2, -0.15) is 0 Å². The van der Waals surface area contributed by atoms with Gasteiger partial charge in [0.2, 0.25) is 5.60 Å². The summed E-state index contributed by atoms with van der Waals surface area (Å²) in [6, 6.07) is 9.91. The van der Waals surface area contributed by atoms with Crippen LogP contribution in [0.4, 0.5) is 0 Å². The molecule has 7 atom stereocenters. The van der Waals surface area contributed by atoms with Gasteiger partial charge in [-0.25, -0.2) is 4.79 Å². The summed E-state index contributed by atoms with van der Waals surface area (Å²) < 4.78 is 12.3. The summed E-state index contributed by atoms with van der Waals surface area (Å²) in [6.45, 7) is 14.2. The van der Waals surface area contributed by atoms with Crippen LogP contribution in [-0.2, 0) is 24.7 Å². The van der Waals surface area contributed by atoms with Gasteiger partial charge in [-0.3, -0.25) is 4.79 Å². The van der Waals surface area contributed by atoms with Gasteiger partial charge in [-0.05, 0) is 44.6 Å². The molecule has 0 bridgehead atoms. The van der Waals surface area contributed by atoms with E-state index in [1.165, 1.54) is 5.57 Å². The Kier molecular flexibility index (Phi) is 3.93. The van der Waals surface area contributed by atoms with Crippen molar-refractivity contribution in [3.63, 3.8) is 0 Å². The van der Waals surface area contributed by atoms with Crippen molar-refractivity contribution in [3.05, 3.63) is 72.4 Å². The summed E-state index contributed by atoms with van der Waals surface area (Å²) in [4.78, 5) is 27.3. The number of carbonyl (C=O) groups is 2. The zero-order chi connectivity index (χ0) is 21.5. The summed E-state index contributed by atoms with van der Waals surface area (Å²) in [5, 5.41) is 0. The summed E-state index contributed by atoms with van der Waals surface area (Å²) in [5.74, 6) is -0.868. The van der Waals surface area contributed by atoms with Crippen molar-refractivity contribution in [2.24, 2.45) is 29.1 Å². The number of cyclic esters (lactones) is 1. The van der Waals surface area contributed by atoms with E-state index in [2.05, 4.69) is 26.2 Å². The van der Waals surface area contributed by atoms with Crippen LogP contribution in [0.5, 0.6) is 0 Å². The molecule has 1 saturated carbocycles. The van der Waals surface area contributed by atoms with Gasteiger partial charge in [0, 0.05) is 5.92 Å². The molecule has 4 heteroatoms. The topological polar surface area (TPSA) is 52.6 Å². The number of rotatable bonds is 3. The lowest BCUT2D eigenvalue weighted by molar-refractivity contribution is -0.229. The minimum atomic E-state index is -1.65. The number of fused-ring (bicyclic) bond motifs is 4. The van der Waals surface area contributed by atoms with Crippen LogP contribution in [0.3, 0.4) is 0 Å². The summed E-state index contributed by atoms with van der Waals surface area (Å²) in [6.07, 6.45) is 4.77. The molecule has 5 rings (SSSR count). The third-order valence-corrected chi connectivity index (χ3v) is 8.20. The highest BCUT2D eigenvalue weighted by molar-refractivity contribution is 6.13. The third kappa shape index (κ3) is 1.96. The number of esters is 1. The molecule has 2 aliphatic heterocycles. The number of ketones is 1. The fourth-order valence-electron chi connectivity index (χ4n) is 6.60. The second-order valence-electron chi connectivity index (χ2n) is 9.67. The average Bonchev–Trinajstić information content (AvgIpc) is 3.11. The van der Waals surface area contributed by atoms with Gasteiger partial charge < -0.3 is 9.47 Å². The van der Waals surface area contributed by atoms with Crippen LogP contribution in [0.2, 0.25) is 0 Å².